The van der Waals surface area contributed by atoms with Crippen molar-refractivity contribution in [2.45, 2.75) is 18.9 Å². The van der Waals surface area contributed by atoms with Crippen molar-refractivity contribution < 1.29 is 4.74 Å². The fraction of sp³-hybridized carbons (Fsp3) is 0.375. The third kappa shape index (κ3) is 4.49. The molecule has 1 aromatic carbocycles. The maximum Gasteiger partial charge on any atom is 0.203 e. The van der Waals surface area contributed by atoms with E-state index in [1.54, 1.807) is 12.3 Å². The number of rotatable bonds is 5. The van der Waals surface area contributed by atoms with Crippen molar-refractivity contribution in [1.82, 2.24) is 24.8 Å². The molecule has 0 N–H and O–H groups in total. The first-order valence-corrected chi connectivity index (χ1v) is 11.2. The maximum atomic E-state index is 12.6. The zero-order valence-electron chi connectivity index (χ0n) is 18.8. The number of aromatic nitrogens is 4. The van der Waals surface area contributed by atoms with E-state index in [1.807, 2.05) is 66.5 Å². The molecular weight excluding hydrogens is 418 g/mol. The van der Waals surface area contributed by atoms with Gasteiger partial charge in [0.15, 0.2) is 5.82 Å². The van der Waals surface area contributed by atoms with E-state index in [2.05, 4.69) is 25.1 Å². The van der Waals surface area contributed by atoms with Crippen LogP contribution in [0.2, 0.25) is 0 Å². The lowest BCUT2D eigenvalue weighted by atomic mass is 9.95. The minimum absolute atomic E-state index is 0.0197. The summed E-state index contributed by atoms with van der Waals surface area (Å²) in [4.78, 5) is 24.1. The Morgan fingerprint density at radius 2 is 1.91 bits per heavy atom. The van der Waals surface area contributed by atoms with Crippen LogP contribution in [0.4, 0.5) is 5.69 Å². The van der Waals surface area contributed by atoms with E-state index in [-0.39, 0.29) is 17.4 Å². The van der Waals surface area contributed by atoms with Crippen LogP contribution < -0.4 is 10.3 Å². The molecule has 3 aromatic rings. The molecule has 2 aliphatic rings. The van der Waals surface area contributed by atoms with Crippen LogP contribution in [-0.4, -0.2) is 70.9 Å². The van der Waals surface area contributed by atoms with Gasteiger partial charge in [-0.2, -0.15) is 10.2 Å². The van der Waals surface area contributed by atoms with Crippen molar-refractivity contribution in [3.05, 3.63) is 70.4 Å². The van der Waals surface area contributed by atoms with Gasteiger partial charge in [0, 0.05) is 43.9 Å². The minimum atomic E-state index is -0.173. The molecule has 5 rings (SSSR count). The van der Waals surface area contributed by atoms with Crippen LogP contribution in [0.25, 0.3) is 11.4 Å². The van der Waals surface area contributed by atoms with Gasteiger partial charge in [-0.05, 0) is 11.6 Å². The summed E-state index contributed by atoms with van der Waals surface area (Å²) in [5.74, 6) is 0.485. The predicted octanol–water partition coefficient (Wildman–Crippen LogP) is 2.16. The number of anilines is 1. The van der Waals surface area contributed by atoms with Gasteiger partial charge in [-0.1, -0.05) is 25.1 Å². The zero-order valence-corrected chi connectivity index (χ0v) is 18.8. The van der Waals surface area contributed by atoms with Gasteiger partial charge in [0.25, 0.3) is 0 Å². The highest BCUT2D eigenvalue weighted by molar-refractivity contribution is 5.64. The number of ether oxygens (including phenoxy) is 1. The quantitative estimate of drug-likeness (QED) is 0.595. The van der Waals surface area contributed by atoms with Crippen LogP contribution in [0.5, 0.6) is 0 Å². The van der Waals surface area contributed by atoms with E-state index in [9.17, 15) is 4.79 Å². The second kappa shape index (κ2) is 9.11. The molecular formula is C24H27N7O2. The van der Waals surface area contributed by atoms with Crippen LogP contribution in [-0.2, 0) is 4.74 Å². The number of hydrogen-bond donors (Lipinski definition) is 0. The largest absolute Gasteiger partial charge is 0.378 e. The lowest BCUT2D eigenvalue weighted by Gasteiger charge is -2.28. The average Bonchev–Trinajstić information content (AvgIpc) is 3.31. The van der Waals surface area contributed by atoms with Crippen LogP contribution >= 0.6 is 0 Å². The number of morpholine rings is 1. The van der Waals surface area contributed by atoms with Gasteiger partial charge in [-0.25, -0.2) is 9.97 Å². The Bertz CT molecular complexity index is 1200. The van der Waals surface area contributed by atoms with Gasteiger partial charge >= 0.3 is 0 Å². The Labute approximate surface area is 192 Å². The third-order valence-corrected chi connectivity index (χ3v) is 6.15. The van der Waals surface area contributed by atoms with Crippen molar-refractivity contribution >= 4 is 11.9 Å². The fourth-order valence-electron chi connectivity index (χ4n) is 4.19. The predicted molar refractivity (Wildman–Crippen MR) is 127 cm³/mol. The second-order valence-electron chi connectivity index (χ2n) is 8.43. The molecule has 0 spiro atoms. The first-order valence-electron chi connectivity index (χ1n) is 11.2. The van der Waals surface area contributed by atoms with Gasteiger partial charge in [0.2, 0.25) is 5.43 Å². The topological polar surface area (TPSA) is 88.7 Å². The van der Waals surface area contributed by atoms with Crippen molar-refractivity contribution in [3.8, 4) is 11.4 Å². The van der Waals surface area contributed by atoms with Crippen LogP contribution in [0.3, 0.4) is 0 Å². The second-order valence-corrected chi connectivity index (χ2v) is 8.43. The van der Waals surface area contributed by atoms with Gasteiger partial charge in [0.1, 0.15) is 11.7 Å². The summed E-state index contributed by atoms with van der Waals surface area (Å²) in [6, 6.07) is 9.62. The summed E-state index contributed by atoms with van der Waals surface area (Å²) >= 11 is 0. The smallest absolute Gasteiger partial charge is 0.203 e. The molecule has 33 heavy (non-hydrogen) atoms. The Morgan fingerprint density at radius 3 is 2.64 bits per heavy atom. The highest BCUT2D eigenvalue weighted by Gasteiger charge is 2.20. The van der Waals surface area contributed by atoms with E-state index < -0.39 is 0 Å². The Balaban J connectivity index is 1.39. The monoisotopic (exact) mass is 445 g/mol. The number of hydrogen-bond acceptors (Lipinski definition) is 8. The highest BCUT2D eigenvalue weighted by Crippen LogP contribution is 2.26. The summed E-state index contributed by atoms with van der Waals surface area (Å²) in [5, 5.41) is 10.8. The van der Waals surface area contributed by atoms with Gasteiger partial charge < -0.3 is 9.64 Å². The van der Waals surface area contributed by atoms with E-state index >= 15 is 0 Å². The molecule has 0 radical (unpaired) electrons. The van der Waals surface area contributed by atoms with Crippen LogP contribution in [0.15, 0.2) is 58.8 Å². The molecule has 0 amide bonds. The van der Waals surface area contributed by atoms with E-state index in [1.165, 1.54) is 0 Å². The Morgan fingerprint density at radius 1 is 1.12 bits per heavy atom. The molecule has 2 aromatic heterocycles. The summed E-state index contributed by atoms with van der Waals surface area (Å²) in [6.07, 6.45) is 7.31. The molecule has 170 valence electrons. The molecule has 9 heteroatoms. The number of likely N-dealkylation sites (N-methyl/N-ethyl adjacent to an activating group) is 1. The van der Waals surface area contributed by atoms with E-state index in [0.29, 0.717) is 11.5 Å². The minimum Gasteiger partial charge on any atom is -0.378 e. The zero-order chi connectivity index (χ0) is 22.8. The van der Waals surface area contributed by atoms with E-state index in [4.69, 9.17) is 4.74 Å². The first-order chi connectivity index (χ1) is 16.1. The molecule has 9 nitrogen and oxygen atoms in total. The van der Waals surface area contributed by atoms with Crippen molar-refractivity contribution in [2.24, 2.45) is 5.10 Å². The summed E-state index contributed by atoms with van der Waals surface area (Å²) < 4.78 is 7.23. The first kappa shape index (κ1) is 21.3. The molecule has 2 atom stereocenters. The maximum absolute atomic E-state index is 12.6. The Hall–Kier alpha value is -3.59. The van der Waals surface area contributed by atoms with Crippen LogP contribution in [0, 0.1) is 0 Å². The third-order valence-electron chi connectivity index (χ3n) is 6.15. The van der Waals surface area contributed by atoms with Gasteiger partial charge in [-0.15, -0.1) is 0 Å². The molecule has 1 fully saturated rings. The van der Waals surface area contributed by atoms with E-state index in [0.717, 1.165) is 49.7 Å². The van der Waals surface area contributed by atoms with Crippen molar-refractivity contribution in [1.29, 1.82) is 0 Å². The molecule has 0 saturated carbocycles. The molecule has 0 bridgehead atoms. The van der Waals surface area contributed by atoms with Crippen LogP contribution in [0.1, 0.15) is 30.1 Å². The lowest BCUT2D eigenvalue weighted by Crippen LogP contribution is -2.36. The fourth-order valence-corrected chi connectivity index (χ4v) is 4.19. The van der Waals surface area contributed by atoms with Gasteiger partial charge in [-0.3, -0.25) is 14.5 Å². The standard InChI is InChI=1S/C24H27N7O2/c1-17(23-22(32)6-7-31(28-23)21-15-27-29(2)16-21)18-4-3-5-19(12-18)24-25-13-20(14-26-24)30-8-10-33-11-9-30/h3-7,12-15,17,21H,8-11,16H2,1-2H3. The summed E-state index contributed by atoms with van der Waals surface area (Å²) in [6.45, 7) is 5.88. The number of nitrogens with zero attached hydrogens (tertiary/aromatic N) is 7. The SMILES string of the molecule is CC(c1cccc(-c2ncc(N3CCOCC3)cn2)c1)c1nn(C2C=NN(C)C2)ccc1=O. The summed E-state index contributed by atoms with van der Waals surface area (Å²) in [7, 11) is 1.92. The average molecular weight is 446 g/mol. The normalized spacial score (nSPS) is 19.2. The molecule has 2 unspecified atom stereocenters. The number of hydrazone groups is 1. The Kier molecular flexibility index (Phi) is 5.87. The molecule has 1 saturated heterocycles. The molecule has 2 aliphatic heterocycles. The van der Waals surface area contributed by atoms with Gasteiger partial charge in [0.05, 0.1) is 44.1 Å². The molecule has 4 heterocycles. The van der Waals surface area contributed by atoms with Crippen molar-refractivity contribution in [3.63, 3.8) is 0 Å². The highest BCUT2D eigenvalue weighted by atomic mass is 16.5. The molecule has 0 aliphatic carbocycles. The number of benzene rings is 1. The summed E-state index contributed by atoms with van der Waals surface area (Å²) in [5.41, 5.74) is 3.35. The lowest BCUT2D eigenvalue weighted by molar-refractivity contribution is 0.122. The van der Waals surface area contributed by atoms with Crippen molar-refractivity contribution in [2.75, 3.05) is 44.8 Å².